The molecule has 0 aliphatic carbocycles. The summed E-state index contributed by atoms with van der Waals surface area (Å²) in [5.41, 5.74) is 10.6. The van der Waals surface area contributed by atoms with E-state index in [1.54, 1.807) is 6.07 Å². The average molecular weight is 636 g/mol. The molecule has 0 bridgehead atoms. The Morgan fingerprint density at radius 1 is 0.480 bits per heavy atom. The summed E-state index contributed by atoms with van der Waals surface area (Å²) in [4.78, 5) is 4.02. The van der Waals surface area contributed by atoms with Gasteiger partial charge >= 0.3 is 0 Å². The highest BCUT2D eigenvalue weighted by Crippen LogP contribution is 2.43. The van der Waals surface area contributed by atoms with E-state index in [0.29, 0.717) is 22.5 Å². The van der Waals surface area contributed by atoms with Crippen LogP contribution < -0.4 is 0 Å². The molecule has 5 heteroatoms. The number of nitriles is 2. The predicted octanol–water partition coefficient (Wildman–Crippen LogP) is 11.5. The number of benzene rings is 7. The highest BCUT2D eigenvalue weighted by Gasteiger charge is 2.22. The fourth-order valence-electron chi connectivity index (χ4n) is 7.51. The number of para-hydroxylation sites is 4. The van der Waals surface area contributed by atoms with E-state index in [1.165, 1.54) is 10.8 Å². The molecule has 9 aromatic rings. The minimum atomic E-state index is 0.372. The van der Waals surface area contributed by atoms with Gasteiger partial charge in [0.05, 0.1) is 63.3 Å². The zero-order valence-electron chi connectivity index (χ0n) is 26.7. The Bertz CT molecular complexity index is 2880. The van der Waals surface area contributed by atoms with Crippen molar-refractivity contribution >= 4 is 49.3 Å². The van der Waals surface area contributed by atoms with Gasteiger partial charge in [-0.25, -0.2) is 4.85 Å². The van der Waals surface area contributed by atoms with Crippen LogP contribution >= 0.6 is 0 Å². The Hall–Kier alpha value is -7.39. The van der Waals surface area contributed by atoms with Gasteiger partial charge in [0.2, 0.25) is 5.69 Å². The molecule has 2 aromatic heterocycles. The molecule has 0 fully saturated rings. The van der Waals surface area contributed by atoms with E-state index < -0.39 is 0 Å². The van der Waals surface area contributed by atoms with E-state index in [4.69, 9.17) is 6.57 Å². The summed E-state index contributed by atoms with van der Waals surface area (Å²) >= 11 is 0. The number of hydrogen-bond donors (Lipinski definition) is 0. The lowest BCUT2D eigenvalue weighted by Crippen LogP contribution is -2.00. The minimum Gasteiger partial charge on any atom is -0.318 e. The van der Waals surface area contributed by atoms with Crippen LogP contribution in [0.15, 0.2) is 152 Å². The Balaban J connectivity index is 1.28. The number of nitrogens with zero attached hydrogens (tertiary/aromatic N) is 5. The van der Waals surface area contributed by atoms with Crippen molar-refractivity contribution in [1.29, 1.82) is 10.5 Å². The number of fused-ring (bicyclic) bond motifs is 6. The van der Waals surface area contributed by atoms with Gasteiger partial charge in [-0.3, -0.25) is 0 Å². The van der Waals surface area contributed by atoms with Gasteiger partial charge in [-0.05, 0) is 71.3 Å². The highest BCUT2D eigenvalue weighted by molar-refractivity contribution is 6.11. The molecule has 0 radical (unpaired) electrons. The normalized spacial score (nSPS) is 11.1. The third-order valence-electron chi connectivity index (χ3n) is 9.61. The van der Waals surface area contributed by atoms with E-state index in [-0.39, 0.29) is 0 Å². The van der Waals surface area contributed by atoms with Gasteiger partial charge in [-0.15, -0.1) is 0 Å². The smallest absolute Gasteiger partial charge is 0.212 e. The second kappa shape index (κ2) is 11.4. The molecule has 0 spiro atoms. The van der Waals surface area contributed by atoms with E-state index >= 15 is 0 Å². The van der Waals surface area contributed by atoms with Gasteiger partial charge in [0.1, 0.15) is 0 Å². The second-order valence-electron chi connectivity index (χ2n) is 12.2. The Morgan fingerprint density at radius 2 is 1.02 bits per heavy atom. The van der Waals surface area contributed by atoms with Crippen molar-refractivity contribution in [2.45, 2.75) is 0 Å². The topological polar surface area (TPSA) is 61.8 Å². The highest BCUT2D eigenvalue weighted by atomic mass is 15.0. The molecule has 9 rings (SSSR count). The Kier molecular flexibility index (Phi) is 6.56. The number of hydrogen-bond acceptors (Lipinski definition) is 2. The van der Waals surface area contributed by atoms with Crippen LogP contribution in [0.1, 0.15) is 11.1 Å². The largest absolute Gasteiger partial charge is 0.318 e. The SMILES string of the molecule is [C-]#[N+]c1cc(-c2ccccc2-c2ccccc2-n2c3ccccc3c3ccccc32)cc(C#N)c1-n1c2ccccc2c2cc(C#N)ccc21. The summed E-state index contributed by atoms with van der Waals surface area (Å²) in [6.07, 6.45) is 0. The summed E-state index contributed by atoms with van der Waals surface area (Å²) in [5.74, 6) is 0. The van der Waals surface area contributed by atoms with Crippen molar-refractivity contribution in [2.24, 2.45) is 0 Å². The first-order valence-electron chi connectivity index (χ1n) is 16.3. The fourth-order valence-corrected chi connectivity index (χ4v) is 7.51. The van der Waals surface area contributed by atoms with Crippen LogP contribution in [0.5, 0.6) is 0 Å². The Labute approximate surface area is 288 Å². The van der Waals surface area contributed by atoms with Crippen LogP contribution in [0.25, 0.3) is 82.1 Å². The van der Waals surface area contributed by atoms with Gasteiger partial charge in [0, 0.05) is 27.1 Å². The molecule has 0 atom stereocenters. The van der Waals surface area contributed by atoms with Gasteiger partial charge in [0.15, 0.2) is 0 Å². The van der Waals surface area contributed by atoms with Crippen LogP contribution in [0.4, 0.5) is 5.69 Å². The first-order chi connectivity index (χ1) is 24.7. The Morgan fingerprint density at radius 3 is 1.66 bits per heavy atom. The maximum Gasteiger partial charge on any atom is 0.212 e. The summed E-state index contributed by atoms with van der Waals surface area (Å²) in [6, 6.07) is 55.5. The van der Waals surface area contributed by atoms with Crippen LogP contribution in [-0.4, -0.2) is 9.13 Å². The summed E-state index contributed by atoms with van der Waals surface area (Å²) in [5, 5.41) is 24.5. The number of aromatic nitrogens is 2. The van der Waals surface area contributed by atoms with Gasteiger partial charge < -0.3 is 9.13 Å². The lowest BCUT2D eigenvalue weighted by atomic mass is 9.92. The average Bonchev–Trinajstić information content (AvgIpc) is 3.69. The van der Waals surface area contributed by atoms with E-state index in [1.807, 2.05) is 65.2 Å². The molecular weight excluding hydrogens is 611 g/mol. The quantitative estimate of drug-likeness (QED) is 0.181. The van der Waals surface area contributed by atoms with E-state index in [0.717, 1.165) is 60.8 Å². The summed E-state index contributed by atoms with van der Waals surface area (Å²) in [7, 11) is 0. The van der Waals surface area contributed by atoms with Crippen molar-refractivity contribution in [3.8, 4) is 45.8 Å². The molecule has 0 saturated carbocycles. The van der Waals surface area contributed by atoms with E-state index in [9.17, 15) is 10.5 Å². The van der Waals surface area contributed by atoms with Crippen molar-refractivity contribution < 1.29 is 0 Å². The third kappa shape index (κ3) is 4.24. The zero-order chi connectivity index (χ0) is 33.8. The van der Waals surface area contributed by atoms with Crippen LogP contribution in [0, 0.1) is 29.2 Å². The van der Waals surface area contributed by atoms with Crippen molar-refractivity contribution in [3.63, 3.8) is 0 Å². The summed E-state index contributed by atoms with van der Waals surface area (Å²) in [6.45, 7) is 8.35. The molecule has 0 aliphatic heterocycles. The molecule has 7 aromatic carbocycles. The predicted molar refractivity (Wildman–Crippen MR) is 202 cm³/mol. The van der Waals surface area contributed by atoms with E-state index in [2.05, 4.69) is 106 Å². The maximum atomic E-state index is 10.7. The molecular formula is C45H25N5. The van der Waals surface area contributed by atoms with Gasteiger partial charge in [0.25, 0.3) is 0 Å². The molecule has 0 unspecified atom stereocenters. The van der Waals surface area contributed by atoms with Crippen molar-refractivity contribution in [2.75, 3.05) is 0 Å². The number of rotatable bonds is 4. The van der Waals surface area contributed by atoms with Gasteiger partial charge in [-0.1, -0.05) is 97.1 Å². The summed E-state index contributed by atoms with van der Waals surface area (Å²) < 4.78 is 4.32. The third-order valence-corrected chi connectivity index (χ3v) is 9.61. The molecule has 0 amide bonds. The minimum absolute atomic E-state index is 0.372. The van der Waals surface area contributed by atoms with Crippen molar-refractivity contribution in [1.82, 2.24) is 9.13 Å². The first kappa shape index (κ1) is 28.8. The zero-order valence-corrected chi connectivity index (χ0v) is 26.7. The second-order valence-corrected chi connectivity index (χ2v) is 12.2. The van der Waals surface area contributed by atoms with Crippen molar-refractivity contribution in [3.05, 3.63) is 174 Å². The van der Waals surface area contributed by atoms with Crippen LogP contribution in [0.3, 0.4) is 0 Å². The molecule has 50 heavy (non-hydrogen) atoms. The molecule has 230 valence electrons. The molecule has 0 N–H and O–H groups in total. The molecule has 0 saturated heterocycles. The standard InChI is InChI=1S/C45H25N5/c1-48-39-26-30(25-31(28-47)45(39)50-43-21-11-7-17-37(43)38-24-29(27-46)22-23-44(38)50)32-12-2-3-13-33(32)34-14-4-8-18-40(34)49-41-19-9-5-15-35(41)36-16-6-10-20-42(36)49/h2-26H. The lowest BCUT2D eigenvalue weighted by molar-refractivity contribution is 1.17. The fraction of sp³-hybridized carbons (Fsp3) is 0. The monoisotopic (exact) mass is 635 g/mol. The van der Waals surface area contributed by atoms with Crippen LogP contribution in [-0.2, 0) is 0 Å². The van der Waals surface area contributed by atoms with Crippen LogP contribution in [0.2, 0.25) is 0 Å². The molecule has 2 heterocycles. The lowest BCUT2D eigenvalue weighted by Gasteiger charge is -2.18. The first-order valence-corrected chi connectivity index (χ1v) is 16.3. The molecule has 0 aliphatic rings. The van der Waals surface area contributed by atoms with Gasteiger partial charge in [-0.2, -0.15) is 10.5 Å². The molecule has 5 nitrogen and oxygen atoms in total. The maximum absolute atomic E-state index is 10.7.